The molecule has 13 nitrogen and oxygen atoms in total. The van der Waals surface area contributed by atoms with Crippen molar-refractivity contribution < 1.29 is 37.1 Å². The Hall–Kier alpha value is -5.77. The first kappa shape index (κ1) is 38.5. The highest BCUT2D eigenvalue weighted by atomic mass is 35.5. The number of nitrogens with one attached hydrogen (secondary N) is 5. The molecule has 0 atom stereocenters. The van der Waals surface area contributed by atoms with E-state index in [-0.39, 0.29) is 30.8 Å². The van der Waals surface area contributed by atoms with Crippen molar-refractivity contribution in [3.8, 4) is 6.01 Å². The van der Waals surface area contributed by atoms with E-state index in [1.807, 2.05) is 12.1 Å². The highest BCUT2D eigenvalue weighted by Gasteiger charge is 2.45. The third-order valence-electron chi connectivity index (χ3n) is 8.07. The van der Waals surface area contributed by atoms with Gasteiger partial charge < -0.3 is 31.3 Å². The van der Waals surface area contributed by atoms with E-state index in [2.05, 4.69) is 41.5 Å². The van der Waals surface area contributed by atoms with Gasteiger partial charge in [-0.1, -0.05) is 49.7 Å². The zero-order valence-electron chi connectivity index (χ0n) is 28.9. The monoisotopic (exact) mass is 752 g/mol. The number of ketones is 1. The fraction of sp³-hybridized carbons (Fsp3) is 0.306. The van der Waals surface area contributed by atoms with Gasteiger partial charge in [0.15, 0.2) is 12.4 Å². The Labute approximate surface area is 307 Å². The van der Waals surface area contributed by atoms with Gasteiger partial charge in [-0.25, -0.2) is 0 Å². The number of Topliss-reactive ketones (excluding diaryl/α,β-unsaturated/α-hetero) is 1. The SMILES string of the molecule is CC(=O)c1cccc(NC(=O)C(=O)NCC(C)(C)CNC(=O)c2ccc(Nc3nc(NC4(c5ccc(Cl)cc5)CC4)nc(OCC(F)(F)F)n3)cc2)c1. The number of anilines is 4. The molecule has 1 aromatic heterocycles. The molecule has 4 aromatic rings. The summed E-state index contributed by atoms with van der Waals surface area (Å²) in [6.07, 6.45) is -3.15. The van der Waals surface area contributed by atoms with Gasteiger partial charge in [-0.15, -0.1) is 0 Å². The minimum atomic E-state index is -4.61. The zero-order valence-corrected chi connectivity index (χ0v) is 29.6. The van der Waals surface area contributed by atoms with Crippen LogP contribution in [0.5, 0.6) is 6.01 Å². The molecule has 1 fully saturated rings. The molecule has 5 N–H and O–H groups in total. The van der Waals surface area contributed by atoms with Gasteiger partial charge in [-0.05, 0) is 79.3 Å². The summed E-state index contributed by atoms with van der Waals surface area (Å²) in [6.45, 7) is 3.59. The quantitative estimate of drug-likeness (QED) is 0.0756. The molecule has 0 aliphatic heterocycles. The van der Waals surface area contributed by atoms with Gasteiger partial charge in [0, 0.05) is 40.6 Å². The highest BCUT2D eigenvalue weighted by Crippen LogP contribution is 2.48. The van der Waals surface area contributed by atoms with Gasteiger partial charge in [0.2, 0.25) is 11.9 Å². The fourth-order valence-electron chi connectivity index (χ4n) is 4.99. The average Bonchev–Trinajstić information content (AvgIpc) is 3.89. The van der Waals surface area contributed by atoms with E-state index in [4.69, 9.17) is 16.3 Å². The molecule has 0 spiro atoms. The molecule has 3 amide bonds. The molecule has 1 aliphatic rings. The van der Waals surface area contributed by atoms with Crippen molar-refractivity contribution in [1.29, 1.82) is 0 Å². The van der Waals surface area contributed by atoms with Crippen LogP contribution in [-0.4, -0.2) is 64.3 Å². The Bertz CT molecular complexity index is 1990. The predicted molar refractivity (Wildman–Crippen MR) is 191 cm³/mol. The van der Waals surface area contributed by atoms with Crippen molar-refractivity contribution in [1.82, 2.24) is 25.6 Å². The molecule has 3 aromatic carbocycles. The van der Waals surface area contributed by atoms with Crippen LogP contribution in [0.15, 0.2) is 72.8 Å². The second-order valence-electron chi connectivity index (χ2n) is 13.2. The van der Waals surface area contributed by atoms with Crippen molar-refractivity contribution in [2.75, 3.05) is 35.6 Å². The third-order valence-corrected chi connectivity index (χ3v) is 8.32. The minimum Gasteiger partial charge on any atom is -0.454 e. The number of alkyl halides is 3. The number of aromatic nitrogens is 3. The van der Waals surface area contributed by atoms with E-state index in [9.17, 15) is 32.3 Å². The first-order valence-electron chi connectivity index (χ1n) is 16.3. The Morgan fingerprint density at radius 2 is 1.47 bits per heavy atom. The number of benzene rings is 3. The maximum atomic E-state index is 12.9. The molecule has 1 heterocycles. The number of amides is 3. The lowest BCUT2D eigenvalue weighted by Gasteiger charge is -2.25. The van der Waals surface area contributed by atoms with Crippen LogP contribution in [0.4, 0.5) is 36.4 Å². The Balaban J connectivity index is 1.16. The van der Waals surface area contributed by atoms with E-state index >= 15 is 0 Å². The molecular formula is C36H36ClF3N8O5. The smallest absolute Gasteiger partial charge is 0.422 e. The normalized spacial score (nSPS) is 13.3. The van der Waals surface area contributed by atoms with Gasteiger partial charge in [-0.3, -0.25) is 19.2 Å². The predicted octanol–water partition coefficient (Wildman–Crippen LogP) is 6.02. The van der Waals surface area contributed by atoms with Crippen LogP contribution in [-0.2, 0) is 15.1 Å². The summed E-state index contributed by atoms with van der Waals surface area (Å²) in [5.41, 5.74) is 1.15. The molecular weight excluding hydrogens is 717 g/mol. The van der Waals surface area contributed by atoms with Gasteiger partial charge in [0.25, 0.3) is 5.91 Å². The number of nitrogens with zero attached hydrogens (tertiary/aromatic N) is 3. The molecule has 53 heavy (non-hydrogen) atoms. The van der Waals surface area contributed by atoms with E-state index in [1.165, 1.54) is 25.1 Å². The van der Waals surface area contributed by atoms with E-state index in [1.54, 1.807) is 56.3 Å². The van der Waals surface area contributed by atoms with E-state index < -0.39 is 47.5 Å². The highest BCUT2D eigenvalue weighted by molar-refractivity contribution is 6.39. The van der Waals surface area contributed by atoms with Gasteiger partial charge in [-0.2, -0.15) is 28.1 Å². The topological polar surface area (TPSA) is 176 Å². The maximum Gasteiger partial charge on any atom is 0.422 e. The number of rotatable bonds is 14. The first-order valence-corrected chi connectivity index (χ1v) is 16.7. The van der Waals surface area contributed by atoms with Gasteiger partial charge in [0.1, 0.15) is 0 Å². The first-order chi connectivity index (χ1) is 25.0. The van der Waals surface area contributed by atoms with Crippen molar-refractivity contribution in [2.24, 2.45) is 5.41 Å². The van der Waals surface area contributed by atoms with E-state index in [0.717, 1.165) is 18.4 Å². The third kappa shape index (κ3) is 11.1. The van der Waals surface area contributed by atoms with Gasteiger partial charge >= 0.3 is 24.0 Å². The molecule has 0 unspecified atom stereocenters. The summed E-state index contributed by atoms with van der Waals surface area (Å²) < 4.78 is 43.6. The summed E-state index contributed by atoms with van der Waals surface area (Å²) in [5.74, 6) is -2.47. The number of carbonyl (C=O) groups excluding carboxylic acids is 4. The van der Waals surface area contributed by atoms with E-state index in [0.29, 0.717) is 27.5 Å². The molecule has 1 aliphatic carbocycles. The molecule has 0 radical (unpaired) electrons. The summed E-state index contributed by atoms with van der Waals surface area (Å²) in [4.78, 5) is 61.7. The fourth-order valence-corrected chi connectivity index (χ4v) is 5.12. The lowest BCUT2D eigenvalue weighted by molar-refractivity contribution is -0.154. The van der Waals surface area contributed by atoms with Gasteiger partial charge in [0.05, 0.1) is 5.54 Å². The lowest BCUT2D eigenvalue weighted by Crippen LogP contribution is -2.44. The molecule has 0 bridgehead atoms. The van der Waals surface area contributed by atoms with Crippen LogP contribution < -0.4 is 31.3 Å². The Morgan fingerprint density at radius 1 is 0.811 bits per heavy atom. The zero-order chi connectivity index (χ0) is 38.4. The average molecular weight is 753 g/mol. The Kier molecular flexibility index (Phi) is 11.5. The second kappa shape index (κ2) is 15.9. The number of hydrogen-bond acceptors (Lipinski definition) is 10. The number of hydrogen-bond donors (Lipinski definition) is 5. The van der Waals surface area contributed by atoms with Crippen molar-refractivity contribution in [3.63, 3.8) is 0 Å². The molecule has 5 rings (SSSR count). The lowest BCUT2D eigenvalue weighted by atomic mass is 9.93. The summed E-state index contributed by atoms with van der Waals surface area (Å²) >= 11 is 6.03. The summed E-state index contributed by atoms with van der Waals surface area (Å²) in [5, 5.41) is 14.5. The molecule has 1 saturated carbocycles. The van der Waals surface area contributed by atoms with Crippen LogP contribution in [0.2, 0.25) is 5.02 Å². The van der Waals surface area contributed by atoms with Crippen LogP contribution in [0.3, 0.4) is 0 Å². The second-order valence-corrected chi connectivity index (χ2v) is 13.6. The largest absolute Gasteiger partial charge is 0.454 e. The van der Waals surface area contributed by atoms with Crippen LogP contribution in [0.1, 0.15) is 59.9 Å². The minimum absolute atomic E-state index is 0.00186. The van der Waals surface area contributed by atoms with Crippen molar-refractivity contribution >= 4 is 58.4 Å². The number of carbonyl (C=O) groups is 4. The van der Waals surface area contributed by atoms with Crippen LogP contribution >= 0.6 is 11.6 Å². The Morgan fingerprint density at radius 3 is 2.11 bits per heavy atom. The maximum absolute atomic E-state index is 12.9. The van der Waals surface area contributed by atoms with Crippen LogP contribution in [0.25, 0.3) is 0 Å². The van der Waals surface area contributed by atoms with Crippen molar-refractivity contribution in [3.05, 3.63) is 94.5 Å². The number of halogens is 4. The van der Waals surface area contributed by atoms with Crippen LogP contribution in [0, 0.1) is 5.41 Å². The summed E-state index contributed by atoms with van der Waals surface area (Å²) in [6, 6.07) is 19.0. The molecule has 17 heteroatoms. The summed E-state index contributed by atoms with van der Waals surface area (Å²) in [7, 11) is 0. The molecule has 0 saturated heterocycles. The van der Waals surface area contributed by atoms with Crippen molar-refractivity contribution in [2.45, 2.75) is 45.3 Å². The standard InChI is InChI=1S/C36H36ClF3N8O5/c1-21(49)23-5-4-6-27(17-23)43-30(52)29(51)42-19-34(2,3)18-41-28(50)22-7-13-26(14-8-22)44-31-45-32(47-33(46-31)53-20-36(38,39)40)48-35(15-16-35)24-9-11-25(37)12-10-24/h4-14,17H,15-16,18-20H2,1-3H3,(H,41,50)(H,42,51)(H,43,52)(H2,44,45,46,47,48). The molecule has 278 valence electrons. The number of ether oxygens (including phenoxy) is 1.